The Morgan fingerprint density at radius 3 is 2.07 bits per heavy atom. The highest BCUT2D eigenvalue weighted by atomic mass is 79.9. The Balaban J connectivity index is 0.000000203. The monoisotopic (exact) mass is 792 g/mol. The van der Waals surface area contributed by atoms with Gasteiger partial charge in [-0.05, 0) is 126 Å². The van der Waals surface area contributed by atoms with Crippen LogP contribution in [-0.4, -0.2) is 68.3 Å². The number of methoxy groups -OCH3 is 1. The molecule has 3 aliphatic rings. The second-order valence-electron chi connectivity index (χ2n) is 14.4. The largest absolute Gasteiger partial charge is 0.496 e. The molecule has 4 heterocycles. The summed E-state index contributed by atoms with van der Waals surface area (Å²) in [5.41, 5.74) is 10.4. The predicted molar refractivity (Wildman–Crippen MR) is 221 cm³/mol. The van der Waals surface area contributed by atoms with Gasteiger partial charge in [0.05, 0.1) is 25.9 Å². The third-order valence-electron chi connectivity index (χ3n) is 9.82. The SMILES string of the molecule is CC(C)c1cc(C=C2C(=O)Nc3ccc(Br)cc32)cc(C(C)C)c1OCCN1CCOCC1.COc1c(C)cc(C=C2C(=O)Nc3ncccc32)cc1C. The zero-order chi connectivity index (χ0) is 38.5. The molecule has 2 amide bonds. The van der Waals surface area contributed by atoms with Gasteiger partial charge >= 0.3 is 0 Å². The molecule has 3 aromatic carbocycles. The number of carbonyl (C=O) groups is 2. The van der Waals surface area contributed by atoms with Crippen LogP contribution in [0.15, 0.2) is 65.3 Å². The molecule has 0 radical (unpaired) electrons. The number of hydrogen-bond donors (Lipinski definition) is 2. The Bertz CT molecular complexity index is 2060. The molecule has 9 nitrogen and oxygen atoms in total. The van der Waals surface area contributed by atoms with Gasteiger partial charge in [0.25, 0.3) is 11.8 Å². The molecule has 4 aromatic rings. The molecule has 54 heavy (non-hydrogen) atoms. The number of nitrogens with one attached hydrogen (secondary N) is 2. The third kappa shape index (κ3) is 8.78. The van der Waals surface area contributed by atoms with Crippen LogP contribution in [-0.2, 0) is 14.3 Å². The minimum atomic E-state index is -0.116. The number of anilines is 2. The second-order valence-corrected chi connectivity index (χ2v) is 15.4. The van der Waals surface area contributed by atoms with Crippen molar-refractivity contribution in [3.8, 4) is 11.5 Å². The Hall–Kier alpha value is -4.77. The lowest BCUT2D eigenvalue weighted by Crippen LogP contribution is -2.38. The molecule has 0 saturated carbocycles. The normalized spacial score (nSPS) is 16.6. The number of nitrogens with zero attached hydrogens (tertiary/aromatic N) is 2. The summed E-state index contributed by atoms with van der Waals surface area (Å²) in [5, 5.41) is 5.75. The van der Waals surface area contributed by atoms with Gasteiger partial charge in [0.15, 0.2) is 0 Å². The second kappa shape index (κ2) is 17.1. The first-order chi connectivity index (χ1) is 25.9. The van der Waals surface area contributed by atoms with Crippen molar-refractivity contribution in [2.75, 3.05) is 57.2 Å². The molecule has 1 aromatic heterocycles. The van der Waals surface area contributed by atoms with Crippen LogP contribution in [0.1, 0.15) is 84.0 Å². The fourth-order valence-corrected chi connectivity index (χ4v) is 7.46. The lowest BCUT2D eigenvalue weighted by molar-refractivity contribution is -0.111. The molecule has 1 fully saturated rings. The number of rotatable bonds is 9. The van der Waals surface area contributed by atoms with Crippen molar-refractivity contribution in [3.05, 3.63) is 110 Å². The van der Waals surface area contributed by atoms with Gasteiger partial charge in [-0.15, -0.1) is 0 Å². The summed E-state index contributed by atoms with van der Waals surface area (Å²) in [7, 11) is 1.67. The maximum absolute atomic E-state index is 12.7. The Morgan fingerprint density at radius 2 is 1.44 bits per heavy atom. The fourth-order valence-electron chi connectivity index (χ4n) is 7.10. The number of ether oxygens (including phenoxy) is 3. The minimum Gasteiger partial charge on any atom is -0.496 e. The summed E-state index contributed by atoms with van der Waals surface area (Å²) >= 11 is 3.53. The van der Waals surface area contributed by atoms with Crippen molar-refractivity contribution in [1.29, 1.82) is 0 Å². The van der Waals surface area contributed by atoms with Gasteiger partial charge in [-0.25, -0.2) is 4.98 Å². The first kappa shape index (κ1) is 38.9. The Labute approximate surface area is 326 Å². The van der Waals surface area contributed by atoms with Crippen molar-refractivity contribution < 1.29 is 23.8 Å². The van der Waals surface area contributed by atoms with Gasteiger partial charge in [0.2, 0.25) is 0 Å². The number of aromatic nitrogens is 1. The van der Waals surface area contributed by atoms with Crippen LogP contribution in [0, 0.1) is 13.8 Å². The molecular weight excluding hydrogens is 744 g/mol. The molecule has 7 rings (SSSR count). The summed E-state index contributed by atoms with van der Waals surface area (Å²) in [6.45, 7) is 17.8. The van der Waals surface area contributed by atoms with E-state index >= 15 is 0 Å². The number of morpholine rings is 1. The first-order valence-electron chi connectivity index (χ1n) is 18.5. The topological polar surface area (TPSA) is 102 Å². The molecular formula is C44H49BrN4O5. The van der Waals surface area contributed by atoms with Crippen molar-refractivity contribution in [3.63, 3.8) is 0 Å². The van der Waals surface area contributed by atoms with E-state index in [4.69, 9.17) is 14.2 Å². The van der Waals surface area contributed by atoms with Crippen LogP contribution in [0.2, 0.25) is 0 Å². The average Bonchev–Trinajstić information content (AvgIpc) is 3.62. The van der Waals surface area contributed by atoms with E-state index in [0.717, 1.165) is 87.9 Å². The van der Waals surface area contributed by atoms with Gasteiger partial charge in [0, 0.05) is 52.7 Å². The van der Waals surface area contributed by atoms with Gasteiger partial charge in [0.1, 0.15) is 23.9 Å². The molecule has 10 heteroatoms. The summed E-state index contributed by atoms with van der Waals surface area (Å²) in [5.74, 6) is 2.93. The molecule has 282 valence electrons. The molecule has 0 aliphatic carbocycles. The lowest BCUT2D eigenvalue weighted by Gasteiger charge is -2.27. The number of benzene rings is 3. The zero-order valence-corrected chi connectivity index (χ0v) is 33.7. The molecule has 0 spiro atoms. The summed E-state index contributed by atoms with van der Waals surface area (Å²) in [6, 6.07) is 18.0. The number of amides is 2. The van der Waals surface area contributed by atoms with E-state index in [-0.39, 0.29) is 11.8 Å². The molecule has 3 aliphatic heterocycles. The number of fused-ring (bicyclic) bond motifs is 2. The van der Waals surface area contributed by atoms with Gasteiger partial charge < -0.3 is 24.8 Å². The standard InChI is InChI=1S/C27H33BrN2O3.C17H16N2O2/c1-17(2)21-13-19(15-24-23-16-20(28)5-6-25(23)29-27(24)31)14-22(18(3)4)26(21)33-12-9-30-7-10-32-11-8-30;1-10-7-12(8-11(2)15(10)21-3)9-14-13-5-4-6-18-16(13)19-17(14)20/h5-6,13-18H,7-12H2,1-4H3,(H,29,31);4-9H,1-3H3,(H,18,19,20). The third-order valence-corrected chi connectivity index (χ3v) is 10.3. The smallest absolute Gasteiger partial charge is 0.257 e. The minimum absolute atomic E-state index is 0.0638. The number of hydrogen-bond acceptors (Lipinski definition) is 7. The van der Waals surface area contributed by atoms with Crippen LogP contribution < -0.4 is 20.1 Å². The van der Waals surface area contributed by atoms with Gasteiger partial charge in [-0.2, -0.15) is 0 Å². The van der Waals surface area contributed by atoms with Crippen molar-refractivity contribution in [1.82, 2.24) is 9.88 Å². The number of pyridine rings is 1. The van der Waals surface area contributed by atoms with E-state index in [0.29, 0.717) is 35.4 Å². The summed E-state index contributed by atoms with van der Waals surface area (Å²) in [6.07, 6.45) is 5.56. The number of carbonyl (C=O) groups excluding carboxylic acids is 2. The lowest BCUT2D eigenvalue weighted by atomic mass is 9.90. The molecule has 0 atom stereocenters. The highest BCUT2D eigenvalue weighted by Gasteiger charge is 2.26. The van der Waals surface area contributed by atoms with E-state index in [1.54, 1.807) is 13.3 Å². The number of aryl methyl sites for hydroxylation is 2. The predicted octanol–water partition coefficient (Wildman–Crippen LogP) is 9.10. The highest BCUT2D eigenvalue weighted by molar-refractivity contribution is 9.10. The zero-order valence-electron chi connectivity index (χ0n) is 32.1. The maximum atomic E-state index is 12.7. The maximum Gasteiger partial charge on any atom is 0.257 e. The van der Waals surface area contributed by atoms with Crippen LogP contribution in [0.25, 0.3) is 23.3 Å². The van der Waals surface area contributed by atoms with Crippen LogP contribution in [0.3, 0.4) is 0 Å². The van der Waals surface area contributed by atoms with Gasteiger partial charge in [-0.1, -0.05) is 43.6 Å². The molecule has 1 saturated heterocycles. The number of halogens is 1. The van der Waals surface area contributed by atoms with Crippen LogP contribution >= 0.6 is 15.9 Å². The molecule has 0 bridgehead atoms. The summed E-state index contributed by atoms with van der Waals surface area (Å²) in [4.78, 5) is 31.4. The highest BCUT2D eigenvalue weighted by Crippen LogP contribution is 2.39. The summed E-state index contributed by atoms with van der Waals surface area (Å²) < 4.78 is 18.2. The van der Waals surface area contributed by atoms with Crippen LogP contribution in [0.4, 0.5) is 11.5 Å². The average molecular weight is 794 g/mol. The van der Waals surface area contributed by atoms with E-state index in [2.05, 4.69) is 76.3 Å². The molecule has 0 unspecified atom stereocenters. The van der Waals surface area contributed by atoms with E-state index < -0.39 is 0 Å². The van der Waals surface area contributed by atoms with E-state index in [1.165, 1.54) is 11.1 Å². The first-order valence-corrected chi connectivity index (χ1v) is 19.3. The van der Waals surface area contributed by atoms with E-state index in [9.17, 15) is 9.59 Å². The quantitative estimate of drug-likeness (QED) is 0.163. The van der Waals surface area contributed by atoms with Crippen molar-refractivity contribution >= 4 is 62.5 Å². The Morgan fingerprint density at radius 1 is 0.833 bits per heavy atom. The van der Waals surface area contributed by atoms with E-state index in [1.807, 2.05) is 68.5 Å². The Kier molecular flexibility index (Phi) is 12.4. The fraction of sp³-hybridized carbons (Fsp3) is 0.341. The van der Waals surface area contributed by atoms with Crippen molar-refractivity contribution in [2.24, 2.45) is 0 Å². The van der Waals surface area contributed by atoms with Gasteiger partial charge in [-0.3, -0.25) is 14.5 Å². The molecule has 2 N–H and O–H groups in total. The van der Waals surface area contributed by atoms with Crippen molar-refractivity contribution in [2.45, 2.75) is 53.4 Å². The van der Waals surface area contributed by atoms with Crippen LogP contribution in [0.5, 0.6) is 11.5 Å².